The molecule has 0 aliphatic carbocycles. The summed E-state index contributed by atoms with van der Waals surface area (Å²) in [5.74, 6) is -1.92. The van der Waals surface area contributed by atoms with Gasteiger partial charge < -0.3 is 38.1 Å². The van der Waals surface area contributed by atoms with E-state index in [2.05, 4.69) is 86.0 Å². The first-order valence-electron chi connectivity index (χ1n) is 52.6. The molecule has 7 aromatic carbocycles. The van der Waals surface area contributed by atoms with Crippen molar-refractivity contribution in [1.82, 2.24) is 0 Å². The highest BCUT2D eigenvalue weighted by molar-refractivity contribution is 7.17. The molecule has 0 atom stereocenters. The van der Waals surface area contributed by atoms with Crippen molar-refractivity contribution in [3.8, 4) is 5.75 Å². The molecule has 0 aromatic heterocycles. The van der Waals surface area contributed by atoms with Crippen LogP contribution in [0.4, 0.5) is 28.4 Å². The van der Waals surface area contributed by atoms with Gasteiger partial charge >= 0.3 is 38.4 Å². The third-order valence-corrected chi connectivity index (χ3v) is 24.4. The van der Waals surface area contributed by atoms with Crippen LogP contribution < -0.4 is 29.4 Å². The monoisotopic (exact) mass is 1910 g/mol. The molecule has 0 radical (unpaired) electrons. The number of unbranched alkanes of at least 4 members (excludes halogenated alkanes) is 38. The lowest BCUT2D eigenvalue weighted by Gasteiger charge is -2.27. The van der Waals surface area contributed by atoms with E-state index in [0.29, 0.717) is 77.2 Å². The van der Waals surface area contributed by atoms with Crippen LogP contribution in [0.3, 0.4) is 0 Å². The first-order chi connectivity index (χ1) is 67.5. The number of nitrogens with zero attached hydrogens (tertiary/aromatic N) is 7. The lowest BCUT2D eigenvalue weighted by atomic mass is 10.0. The van der Waals surface area contributed by atoms with Crippen molar-refractivity contribution < 1.29 is 61.6 Å². The summed E-state index contributed by atoms with van der Waals surface area (Å²) in [7, 11) is -0.305. The summed E-state index contributed by atoms with van der Waals surface area (Å²) in [5, 5.41) is 8.41. The molecule has 2 heterocycles. The maximum absolute atomic E-state index is 13.8. The van der Waals surface area contributed by atoms with Gasteiger partial charge in [0.05, 0.1) is 60.2 Å². The average molecular weight is 1910 g/mol. The molecule has 1 saturated heterocycles. The van der Waals surface area contributed by atoms with Crippen LogP contribution in [0.5, 0.6) is 5.75 Å². The number of ether oxygens (including phenoxy) is 4. The molecule has 9 rings (SSSR count). The highest BCUT2D eigenvalue weighted by Crippen LogP contribution is 2.35. The van der Waals surface area contributed by atoms with Crippen molar-refractivity contribution in [1.29, 1.82) is 0 Å². The predicted octanol–water partition coefficient (Wildman–Crippen LogP) is 31.3. The molecule has 0 N–H and O–H groups in total. The minimum absolute atomic E-state index is 0.0217. The van der Waals surface area contributed by atoms with Crippen molar-refractivity contribution in [2.75, 3.05) is 77.4 Å². The van der Waals surface area contributed by atoms with Gasteiger partial charge in [-0.25, -0.2) is 24.2 Å². The Morgan fingerprint density at radius 2 is 0.710 bits per heavy atom. The highest BCUT2D eigenvalue weighted by atomic mass is 31.1. The molecule has 3 amide bonds. The summed E-state index contributed by atoms with van der Waals surface area (Å²) in [6.07, 6.45) is 56.7. The van der Waals surface area contributed by atoms with E-state index in [-0.39, 0.29) is 51.0 Å². The Morgan fingerprint density at radius 3 is 1.07 bits per heavy atom. The Balaban J connectivity index is 0.000000365. The first kappa shape index (κ1) is 117. The van der Waals surface area contributed by atoms with Crippen LogP contribution >= 0.6 is 8.69 Å². The number of hydrazine groups is 1. The number of hydrazone groups is 1. The molecular formula is C117H166N7O13P. The van der Waals surface area contributed by atoms with Crippen LogP contribution in [0.25, 0.3) is 17.0 Å². The molecule has 7 aromatic rings. The number of hydrogen-bond donors (Lipinski definition) is 0. The van der Waals surface area contributed by atoms with E-state index in [1.165, 1.54) is 239 Å². The van der Waals surface area contributed by atoms with Crippen LogP contribution in [0, 0.1) is 20.4 Å². The topological polar surface area (TPSA) is 216 Å². The van der Waals surface area contributed by atoms with Crippen molar-refractivity contribution in [3.63, 3.8) is 0 Å². The van der Waals surface area contributed by atoms with Crippen LogP contribution in [-0.2, 0) is 47.5 Å². The number of esters is 4. The summed E-state index contributed by atoms with van der Waals surface area (Å²) in [5.41, 5.74) is 8.43. The molecule has 2 aliphatic heterocycles. The Morgan fingerprint density at radius 1 is 0.370 bits per heavy atom. The number of carbonyl (C=O) groups excluding carboxylic acids is 7. The lowest BCUT2D eigenvalue weighted by molar-refractivity contribution is -0.143. The van der Waals surface area contributed by atoms with E-state index in [4.69, 9.17) is 25.5 Å². The molecule has 752 valence electrons. The fourth-order valence-corrected chi connectivity index (χ4v) is 16.4. The lowest BCUT2D eigenvalue weighted by Crippen LogP contribution is -2.41. The van der Waals surface area contributed by atoms with Crippen LogP contribution in [0.15, 0.2) is 198 Å². The van der Waals surface area contributed by atoms with Crippen LogP contribution in [-0.4, -0.2) is 100 Å². The normalized spacial score (nSPS) is 12.3. The second-order valence-corrected chi connectivity index (χ2v) is 36.0. The van der Waals surface area contributed by atoms with Gasteiger partial charge in [-0.2, -0.15) is 0 Å². The summed E-state index contributed by atoms with van der Waals surface area (Å²) in [6, 6.07) is 55.2. The quantitative estimate of drug-likeness (QED) is 0.00659. The molecule has 0 spiro atoms. The fraction of sp³-hybridized carbons (Fsp3) is 0.530. The van der Waals surface area contributed by atoms with E-state index in [0.717, 1.165) is 94.0 Å². The number of anilines is 5. The fourth-order valence-electron chi connectivity index (χ4n) is 16.2. The van der Waals surface area contributed by atoms with Gasteiger partial charge in [-0.1, -0.05) is 403 Å². The number of aryl methyl sites for hydroxylation is 2. The zero-order chi connectivity index (χ0) is 99.6. The number of benzene rings is 7. The summed E-state index contributed by atoms with van der Waals surface area (Å²) < 4.78 is 36.5. The van der Waals surface area contributed by atoms with Gasteiger partial charge in [-0.05, 0) is 177 Å². The molecule has 0 saturated carbocycles. The minimum atomic E-state index is -0.439. The van der Waals surface area contributed by atoms with Gasteiger partial charge in [0, 0.05) is 24.5 Å². The van der Waals surface area contributed by atoms with Crippen LogP contribution in [0.2, 0.25) is 0 Å². The molecule has 2 aliphatic rings. The molecule has 1 fully saturated rings. The molecular weight excluding hydrogens is 1740 g/mol. The first-order valence-corrected chi connectivity index (χ1v) is 53.4. The number of carbonyl (C=O) groups is 7. The van der Waals surface area contributed by atoms with Crippen molar-refractivity contribution in [2.24, 2.45) is 5.10 Å². The maximum atomic E-state index is 13.8. The van der Waals surface area contributed by atoms with Gasteiger partial charge in [-0.3, -0.25) is 24.0 Å². The molecule has 20 nitrogen and oxygen atoms in total. The third kappa shape index (κ3) is 47.6. The smallest absolute Gasteiger partial charge is 0.395 e. The van der Waals surface area contributed by atoms with Crippen molar-refractivity contribution >= 4 is 96.7 Å². The van der Waals surface area contributed by atoms with E-state index < -0.39 is 23.8 Å². The number of para-hydroxylation sites is 4. The SMILES string of the molecule is CC.CCCCCCCCCCCCOC(=O)CN(CC(=O)OCCCCCCCCCCCC)c1ccc(C=C2C(=O)N(c3ccccc3)N(c3ccccc3)C2=O)cc1.CCCCCCCCOC(=O)c1cc(C)cc(C(=O)OCCCCCCCC)c1.O=POc1ccccc1.[C-]#[N+]C1=NN(c2ccccc2)C(=O)C1=Cc1ccc(N(CCCCCCCC)CCCCCCCC)cc1C. The van der Waals surface area contributed by atoms with E-state index in [1.807, 2.05) is 112 Å². The molecule has 0 unspecified atom stereocenters. The Bertz CT molecular complexity index is 4510. The molecule has 138 heavy (non-hydrogen) atoms. The van der Waals surface area contributed by atoms with Gasteiger partial charge in [0.1, 0.15) is 24.4 Å². The Hall–Kier alpha value is -11.0. The third-order valence-electron chi connectivity index (χ3n) is 24.1. The second-order valence-electron chi connectivity index (χ2n) is 35.7. The Kier molecular flexibility index (Phi) is 63.8. The van der Waals surface area contributed by atoms with Gasteiger partial charge in [0.15, 0.2) is 0 Å². The van der Waals surface area contributed by atoms with E-state index in [1.54, 1.807) is 89.8 Å². The van der Waals surface area contributed by atoms with Crippen molar-refractivity contribution in [3.05, 3.63) is 238 Å². The molecule has 0 bridgehead atoms. The number of hydrogen-bond acceptors (Lipinski definition) is 16. The summed E-state index contributed by atoms with van der Waals surface area (Å²) in [6.45, 7) is 32.4. The van der Waals surface area contributed by atoms with Gasteiger partial charge in [0.2, 0.25) is 0 Å². The minimum Gasteiger partial charge on any atom is -0.464 e. The highest BCUT2D eigenvalue weighted by Gasteiger charge is 2.43. The predicted molar refractivity (Wildman–Crippen MR) is 571 cm³/mol. The zero-order valence-corrected chi connectivity index (χ0v) is 86.5. The van der Waals surface area contributed by atoms with Gasteiger partial charge in [-0.15, -0.1) is 5.01 Å². The maximum Gasteiger partial charge on any atom is 0.395 e. The zero-order valence-electron chi connectivity index (χ0n) is 85.6. The Labute approximate surface area is 831 Å². The standard InChI is InChI=1S/C50H69N3O6.C34H46N4O.C25H40O4.C6H5O2P.C2H6/c1-3-5-7-9-11-13-15-17-19-27-37-58-47(54)40-51(41-48(55)59-38-28-20-18-16-14-12-10-8-6-4-2)43-35-33-42(34-36-43)39-46-49(56)52(44-29-23-21-24-30-44)53(50(46)57)45-31-25-22-26-32-45;1-5-7-9-11-13-18-24-37(25-19-14-12-10-8-6-2)31-23-22-29(28(3)26-31)27-32-33(35-4)36-38(34(32)39)30-20-16-15-17-21-30;1-4-6-8-10-12-14-16-28-24(26)22-18-21(3)19-23(20-22)25(27)29-17-15-13-11-9-7-5-2;7-9-8-6-4-2-1-3-5-6;1-2/h21-26,29-36,39H,3-20,27-28,37-38,40-41H2,1-2H3;15-17,20-23,26-27H,5-14,18-19,24-25H2,1-3H3;18-20H,4-17H2,1-3H3;1-5H;1-2H3. The summed E-state index contributed by atoms with van der Waals surface area (Å²) in [4.78, 5) is 99.4. The largest absolute Gasteiger partial charge is 0.464 e. The number of rotatable bonds is 65. The van der Waals surface area contributed by atoms with Crippen LogP contribution in [0.1, 0.15) is 381 Å². The second kappa shape index (κ2) is 75.0. The van der Waals surface area contributed by atoms with E-state index in [9.17, 15) is 38.1 Å². The molecule has 21 heteroatoms. The van der Waals surface area contributed by atoms with Gasteiger partial charge in [0.25, 0.3) is 17.7 Å². The van der Waals surface area contributed by atoms with Crippen molar-refractivity contribution in [2.45, 2.75) is 352 Å². The van der Waals surface area contributed by atoms with E-state index >= 15 is 0 Å². The number of amides is 3. The summed E-state index contributed by atoms with van der Waals surface area (Å²) >= 11 is 0. The number of amidine groups is 1. The average Bonchev–Trinajstić information content (AvgIpc) is 1.61.